The number of rotatable bonds is 3. The number of halogens is 2. The van der Waals surface area contributed by atoms with Crippen molar-refractivity contribution in [1.29, 1.82) is 0 Å². The number of nitrogen functional groups attached to an aromatic ring is 1. The van der Waals surface area contributed by atoms with Crippen LogP contribution in [0.1, 0.15) is 5.89 Å². The molecular weight excluding hydrogens is 327 g/mol. The van der Waals surface area contributed by atoms with Gasteiger partial charge in [0, 0.05) is 0 Å². The first-order valence-electron chi connectivity index (χ1n) is 5.85. The molecule has 0 radical (unpaired) electrons. The van der Waals surface area contributed by atoms with E-state index in [-0.39, 0.29) is 12.4 Å². The molecular formula is C14H10BrFN2O2. The third-order valence-electron chi connectivity index (χ3n) is 2.74. The van der Waals surface area contributed by atoms with E-state index in [0.717, 1.165) is 0 Å². The number of nitrogens with two attached hydrogens (primary N) is 1. The zero-order valence-electron chi connectivity index (χ0n) is 10.3. The van der Waals surface area contributed by atoms with Crippen LogP contribution in [-0.4, -0.2) is 4.98 Å². The molecule has 0 aliphatic rings. The molecule has 0 fully saturated rings. The average Bonchev–Trinajstić information content (AvgIpc) is 2.82. The highest BCUT2D eigenvalue weighted by molar-refractivity contribution is 9.10. The Bertz CT molecular complexity index is 773. The summed E-state index contributed by atoms with van der Waals surface area (Å²) in [6.45, 7) is 0.137. The molecule has 0 aliphatic heterocycles. The van der Waals surface area contributed by atoms with Gasteiger partial charge in [0.05, 0.1) is 10.2 Å². The highest BCUT2D eigenvalue weighted by atomic mass is 79.9. The van der Waals surface area contributed by atoms with Gasteiger partial charge in [0.15, 0.2) is 12.2 Å². The van der Waals surface area contributed by atoms with Crippen molar-refractivity contribution >= 4 is 32.7 Å². The van der Waals surface area contributed by atoms with Gasteiger partial charge in [-0.1, -0.05) is 6.07 Å². The quantitative estimate of drug-likeness (QED) is 0.737. The number of nitrogens with zero attached hydrogens (tertiary/aromatic N) is 1. The molecule has 4 nitrogen and oxygen atoms in total. The maximum absolute atomic E-state index is 13.0. The van der Waals surface area contributed by atoms with Crippen LogP contribution in [0, 0.1) is 5.82 Å². The Morgan fingerprint density at radius 2 is 2.15 bits per heavy atom. The fourth-order valence-electron chi connectivity index (χ4n) is 1.81. The highest BCUT2D eigenvalue weighted by Crippen LogP contribution is 2.27. The molecule has 1 aromatic heterocycles. The molecule has 0 amide bonds. The normalized spacial score (nSPS) is 10.9. The maximum atomic E-state index is 13.0. The van der Waals surface area contributed by atoms with Crippen LogP contribution in [0.5, 0.6) is 5.75 Å². The van der Waals surface area contributed by atoms with Gasteiger partial charge < -0.3 is 14.9 Å². The zero-order valence-corrected chi connectivity index (χ0v) is 11.9. The summed E-state index contributed by atoms with van der Waals surface area (Å²) in [4.78, 5) is 4.27. The molecule has 20 heavy (non-hydrogen) atoms. The molecule has 2 N–H and O–H groups in total. The maximum Gasteiger partial charge on any atom is 0.233 e. The Labute approximate surface area is 122 Å². The lowest BCUT2D eigenvalue weighted by Gasteiger charge is -2.05. The van der Waals surface area contributed by atoms with Gasteiger partial charge >= 0.3 is 0 Å². The lowest BCUT2D eigenvalue weighted by Crippen LogP contribution is -1.96. The molecule has 1 heterocycles. The summed E-state index contributed by atoms with van der Waals surface area (Å²) in [5.41, 5.74) is 7.59. The second-order valence-electron chi connectivity index (χ2n) is 4.17. The molecule has 0 saturated carbocycles. The summed E-state index contributed by atoms with van der Waals surface area (Å²) in [5, 5.41) is 0. The first kappa shape index (κ1) is 12.9. The van der Waals surface area contributed by atoms with Gasteiger partial charge in [-0.3, -0.25) is 0 Å². The molecule has 102 valence electrons. The molecule has 3 rings (SSSR count). The topological polar surface area (TPSA) is 61.3 Å². The van der Waals surface area contributed by atoms with Crippen LogP contribution in [0.25, 0.3) is 11.1 Å². The lowest BCUT2D eigenvalue weighted by molar-refractivity contribution is 0.265. The first-order chi connectivity index (χ1) is 9.63. The molecule has 0 bridgehead atoms. The van der Waals surface area contributed by atoms with Crippen molar-refractivity contribution in [3.05, 3.63) is 52.6 Å². The van der Waals surface area contributed by atoms with Gasteiger partial charge in [-0.15, -0.1) is 0 Å². The van der Waals surface area contributed by atoms with Gasteiger partial charge in [0.1, 0.15) is 17.1 Å². The number of benzene rings is 2. The van der Waals surface area contributed by atoms with Crippen molar-refractivity contribution in [2.24, 2.45) is 0 Å². The molecule has 0 unspecified atom stereocenters. The summed E-state index contributed by atoms with van der Waals surface area (Å²) in [5.74, 6) is 0.592. The number of hydrogen-bond donors (Lipinski definition) is 1. The predicted molar refractivity (Wildman–Crippen MR) is 76.9 cm³/mol. The standard InChI is InChI=1S/C14H10BrFN2O2/c15-9-6-8(16)4-5-11(9)19-7-13-18-14-10(17)2-1-3-12(14)20-13/h1-6H,7,17H2. The lowest BCUT2D eigenvalue weighted by atomic mass is 10.3. The number of hydrogen-bond acceptors (Lipinski definition) is 4. The van der Waals surface area contributed by atoms with Crippen molar-refractivity contribution < 1.29 is 13.5 Å². The first-order valence-corrected chi connectivity index (χ1v) is 6.64. The van der Waals surface area contributed by atoms with Crippen LogP contribution < -0.4 is 10.5 Å². The van der Waals surface area contributed by atoms with E-state index in [0.29, 0.717) is 32.9 Å². The molecule has 0 atom stereocenters. The van der Waals surface area contributed by atoms with E-state index in [9.17, 15) is 4.39 Å². The Kier molecular flexibility index (Phi) is 3.31. The van der Waals surface area contributed by atoms with Gasteiger partial charge in [0.2, 0.25) is 5.89 Å². The summed E-state index contributed by atoms with van der Waals surface area (Å²) in [6, 6.07) is 9.53. The van der Waals surface area contributed by atoms with Crippen LogP contribution >= 0.6 is 15.9 Å². The second-order valence-corrected chi connectivity index (χ2v) is 5.02. The fraction of sp³-hybridized carbons (Fsp3) is 0.0714. The van der Waals surface area contributed by atoms with Crippen molar-refractivity contribution in [2.75, 3.05) is 5.73 Å². The van der Waals surface area contributed by atoms with E-state index in [2.05, 4.69) is 20.9 Å². The van der Waals surface area contributed by atoms with Crippen molar-refractivity contribution in [3.8, 4) is 5.75 Å². The Balaban J connectivity index is 1.81. The summed E-state index contributed by atoms with van der Waals surface area (Å²) in [6.07, 6.45) is 0. The highest BCUT2D eigenvalue weighted by Gasteiger charge is 2.10. The number of ether oxygens (including phenoxy) is 1. The van der Waals surface area contributed by atoms with Crippen LogP contribution in [0.3, 0.4) is 0 Å². The van der Waals surface area contributed by atoms with Crippen molar-refractivity contribution in [3.63, 3.8) is 0 Å². The van der Waals surface area contributed by atoms with E-state index in [1.54, 1.807) is 18.2 Å². The third kappa shape index (κ3) is 2.46. The monoisotopic (exact) mass is 336 g/mol. The number of fused-ring (bicyclic) bond motifs is 1. The van der Waals surface area contributed by atoms with E-state index in [1.807, 2.05) is 0 Å². The third-order valence-corrected chi connectivity index (χ3v) is 3.36. The minimum Gasteiger partial charge on any atom is -0.483 e. The van der Waals surface area contributed by atoms with E-state index in [1.165, 1.54) is 18.2 Å². The molecule has 2 aromatic carbocycles. The number of oxazole rings is 1. The minimum atomic E-state index is -0.334. The second kappa shape index (κ2) is 5.13. The molecule has 3 aromatic rings. The van der Waals surface area contributed by atoms with Gasteiger partial charge in [-0.2, -0.15) is 0 Å². The molecule has 0 aliphatic carbocycles. The SMILES string of the molecule is Nc1cccc2oc(COc3ccc(F)cc3Br)nc12. The summed E-state index contributed by atoms with van der Waals surface area (Å²) < 4.78 is 24.6. The van der Waals surface area contributed by atoms with Crippen molar-refractivity contribution in [2.45, 2.75) is 6.61 Å². The van der Waals surface area contributed by atoms with E-state index in [4.69, 9.17) is 14.9 Å². The number of aromatic nitrogens is 1. The van der Waals surface area contributed by atoms with Crippen LogP contribution in [0.4, 0.5) is 10.1 Å². The molecule has 0 saturated heterocycles. The smallest absolute Gasteiger partial charge is 0.233 e. The van der Waals surface area contributed by atoms with Crippen molar-refractivity contribution in [1.82, 2.24) is 4.98 Å². The Morgan fingerprint density at radius 1 is 1.30 bits per heavy atom. The number of para-hydroxylation sites is 1. The average molecular weight is 337 g/mol. The van der Waals surface area contributed by atoms with Gasteiger partial charge in [-0.05, 0) is 46.3 Å². The van der Waals surface area contributed by atoms with Crippen LogP contribution in [0.2, 0.25) is 0 Å². The predicted octanol–water partition coefficient (Wildman–Crippen LogP) is 3.89. The summed E-state index contributed by atoms with van der Waals surface area (Å²) in [7, 11) is 0. The summed E-state index contributed by atoms with van der Waals surface area (Å²) >= 11 is 3.23. The Hall–Kier alpha value is -2.08. The van der Waals surface area contributed by atoms with Gasteiger partial charge in [0.25, 0.3) is 0 Å². The van der Waals surface area contributed by atoms with Crippen LogP contribution in [0.15, 0.2) is 45.3 Å². The van der Waals surface area contributed by atoms with E-state index < -0.39 is 0 Å². The molecule has 6 heteroatoms. The Morgan fingerprint density at radius 3 is 2.90 bits per heavy atom. The fourth-order valence-corrected chi connectivity index (χ4v) is 2.27. The minimum absolute atomic E-state index is 0.137. The van der Waals surface area contributed by atoms with Gasteiger partial charge in [-0.25, -0.2) is 9.37 Å². The zero-order chi connectivity index (χ0) is 14.1. The van der Waals surface area contributed by atoms with E-state index >= 15 is 0 Å². The van der Waals surface area contributed by atoms with Crippen LogP contribution in [-0.2, 0) is 6.61 Å². The molecule has 0 spiro atoms. The largest absolute Gasteiger partial charge is 0.483 e. The number of anilines is 1.